The van der Waals surface area contributed by atoms with Crippen molar-refractivity contribution < 1.29 is 24.4 Å². The van der Waals surface area contributed by atoms with Gasteiger partial charge in [0.15, 0.2) is 11.7 Å². The molecule has 5 nitrogen and oxygen atoms in total. The van der Waals surface area contributed by atoms with Gasteiger partial charge < -0.3 is 24.4 Å². The van der Waals surface area contributed by atoms with E-state index in [9.17, 15) is 10.2 Å². The van der Waals surface area contributed by atoms with Crippen LogP contribution in [0.15, 0.2) is 36.4 Å². The molecule has 2 aromatic carbocycles. The normalized spacial score (nSPS) is 27.1. The van der Waals surface area contributed by atoms with Gasteiger partial charge in [0.25, 0.3) is 0 Å². The zero-order valence-corrected chi connectivity index (χ0v) is 13.9. The number of phenols is 1. The molecule has 2 atom stereocenters. The summed E-state index contributed by atoms with van der Waals surface area (Å²) in [6, 6.07) is 8.56. The van der Waals surface area contributed by atoms with Crippen LogP contribution in [0.4, 0.5) is 0 Å². The molecule has 5 heteroatoms. The summed E-state index contributed by atoms with van der Waals surface area (Å²) < 4.78 is 17.9. The first-order valence-electron chi connectivity index (χ1n) is 8.28. The Morgan fingerprint density at radius 1 is 1.12 bits per heavy atom. The van der Waals surface area contributed by atoms with Gasteiger partial charge in [0, 0.05) is 17.2 Å². The lowest BCUT2D eigenvalue weighted by atomic mass is 9.84. The molecule has 0 amide bonds. The van der Waals surface area contributed by atoms with Crippen LogP contribution in [0.1, 0.15) is 36.6 Å². The number of fused-ring (bicyclic) bond motifs is 7. The first-order chi connectivity index (χ1) is 11.9. The molecule has 0 unspecified atom stereocenters. The predicted molar refractivity (Wildman–Crippen MR) is 91.1 cm³/mol. The fraction of sp³-hybridized carbons (Fsp3) is 0.300. The molecule has 0 fully saturated rings. The Bertz CT molecular complexity index is 930. The van der Waals surface area contributed by atoms with E-state index in [0.717, 1.165) is 16.9 Å². The highest BCUT2D eigenvalue weighted by Crippen LogP contribution is 2.56. The Balaban J connectivity index is 1.66. The lowest BCUT2D eigenvalue weighted by Gasteiger charge is -2.34. The summed E-state index contributed by atoms with van der Waals surface area (Å²) in [5.74, 6) is 2.02. The van der Waals surface area contributed by atoms with Crippen molar-refractivity contribution in [2.75, 3.05) is 6.61 Å². The Kier molecular flexibility index (Phi) is 2.63. The van der Waals surface area contributed by atoms with Crippen molar-refractivity contribution >= 4 is 6.08 Å². The van der Waals surface area contributed by atoms with Gasteiger partial charge in [-0.3, -0.25) is 0 Å². The van der Waals surface area contributed by atoms with Crippen LogP contribution in [0.25, 0.3) is 6.08 Å². The summed E-state index contributed by atoms with van der Waals surface area (Å²) in [5, 5.41) is 21.0. The predicted octanol–water partition coefficient (Wildman–Crippen LogP) is 3.29. The molecule has 0 aromatic heterocycles. The molecule has 2 aromatic rings. The molecule has 0 saturated heterocycles. The second-order valence-electron chi connectivity index (χ2n) is 7.33. The Morgan fingerprint density at radius 2 is 1.96 bits per heavy atom. The smallest absolute Gasteiger partial charge is 0.168 e. The van der Waals surface area contributed by atoms with Gasteiger partial charge in [-0.15, -0.1) is 0 Å². The number of ether oxygens (including phenoxy) is 3. The zero-order valence-electron chi connectivity index (χ0n) is 13.9. The van der Waals surface area contributed by atoms with E-state index in [-0.39, 0.29) is 18.0 Å². The third-order valence-corrected chi connectivity index (χ3v) is 5.04. The van der Waals surface area contributed by atoms with Crippen molar-refractivity contribution in [3.8, 4) is 23.0 Å². The van der Waals surface area contributed by atoms with Crippen molar-refractivity contribution in [1.29, 1.82) is 0 Å². The van der Waals surface area contributed by atoms with Crippen LogP contribution >= 0.6 is 0 Å². The van der Waals surface area contributed by atoms with Crippen LogP contribution in [0, 0.1) is 0 Å². The molecule has 3 aliphatic heterocycles. The number of hydrogen-bond donors (Lipinski definition) is 2. The first kappa shape index (κ1) is 14.7. The molecule has 0 saturated carbocycles. The van der Waals surface area contributed by atoms with Crippen LogP contribution in [-0.4, -0.2) is 22.4 Å². The summed E-state index contributed by atoms with van der Waals surface area (Å²) in [5.41, 5.74) is 0.603. The number of aliphatic hydroxyl groups is 1. The zero-order chi connectivity index (χ0) is 17.4. The second kappa shape index (κ2) is 4.49. The highest BCUT2D eigenvalue weighted by atomic mass is 16.5. The van der Waals surface area contributed by atoms with Crippen LogP contribution in [0.2, 0.25) is 0 Å². The Labute approximate surface area is 145 Å². The third-order valence-electron chi connectivity index (χ3n) is 5.04. The second-order valence-corrected chi connectivity index (χ2v) is 7.33. The van der Waals surface area contributed by atoms with Crippen molar-refractivity contribution in [2.24, 2.45) is 0 Å². The molecule has 0 bridgehead atoms. The molecular weight excluding hydrogens is 320 g/mol. The largest absolute Gasteiger partial charge is 0.508 e. The molecule has 128 valence electrons. The van der Waals surface area contributed by atoms with E-state index >= 15 is 0 Å². The molecule has 0 aliphatic carbocycles. The van der Waals surface area contributed by atoms with Gasteiger partial charge in [0.1, 0.15) is 35.2 Å². The molecule has 0 spiro atoms. The average molecular weight is 338 g/mol. The molecule has 3 heterocycles. The number of aromatic hydroxyl groups is 1. The maximum Gasteiger partial charge on any atom is 0.168 e. The number of benzene rings is 2. The van der Waals surface area contributed by atoms with Crippen LogP contribution in [0.3, 0.4) is 0 Å². The summed E-state index contributed by atoms with van der Waals surface area (Å²) in [4.78, 5) is 0. The molecule has 2 N–H and O–H groups in total. The van der Waals surface area contributed by atoms with E-state index in [1.807, 2.05) is 38.1 Å². The topological polar surface area (TPSA) is 68.2 Å². The summed E-state index contributed by atoms with van der Waals surface area (Å²) in [6.07, 6.45) is 3.38. The third kappa shape index (κ3) is 1.93. The van der Waals surface area contributed by atoms with E-state index < -0.39 is 11.7 Å². The van der Waals surface area contributed by atoms with E-state index in [0.29, 0.717) is 17.1 Å². The van der Waals surface area contributed by atoms with Crippen molar-refractivity contribution in [3.05, 3.63) is 53.1 Å². The fourth-order valence-corrected chi connectivity index (χ4v) is 3.78. The van der Waals surface area contributed by atoms with E-state index in [2.05, 4.69) is 0 Å². The molecule has 5 rings (SSSR count). The van der Waals surface area contributed by atoms with Gasteiger partial charge in [-0.2, -0.15) is 0 Å². The maximum atomic E-state index is 11.3. The monoisotopic (exact) mass is 338 g/mol. The minimum atomic E-state index is -1.27. The molecule has 3 aliphatic rings. The standard InChI is InChI=1S/C20H18O5/c1-19(2)8-7-12-15(25-19)6-5-14-17(12)24-18-13-4-3-11(21)9-16(13)23-10-20(14,18)22/h3-9,18,21-22H,10H2,1-2H3/t18-,20-/m1/s1. The number of hydrogen-bond acceptors (Lipinski definition) is 5. The minimum Gasteiger partial charge on any atom is -0.508 e. The van der Waals surface area contributed by atoms with Crippen LogP contribution in [-0.2, 0) is 5.60 Å². The SMILES string of the molecule is CC1(C)C=Cc2c(ccc3c2O[C@@H]2c4ccc(O)cc4OC[C@@]32O)O1. The highest BCUT2D eigenvalue weighted by molar-refractivity contribution is 5.71. The average Bonchev–Trinajstić information content (AvgIpc) is 2.86. The van der Waals surface area contributed by atoms with Crippen molar-refractivity contribution in [3.63, 3.8) is 0 Å². The van der Waals surface area contributed by atoms with Crippen molar-refractivity contribution in [2.45, 2.75) is 31.2 Å². The van der Waals surface area contributed by atoms with E-state index in [1.54, 1.807) is 18.2 Å². The first-order valence-corrected chi connectivity index (χ1v) is 8.28. The van der Waals surface area contributed by atoms with Gasteiger partial charge in [-0.05, 0) is 50.3 Å². The lowest BCUT2D eigenvalue weighted by molar-refractivity contribution is -0.0864. The number of phenolic OH excluding ortho intramolecular Hbond substituents is 1. The lowest BCUT2D eigenvalue weighted by Crippen LogP contribution is -2.41. The highest BCUT2D eigenvalue weighted by Gasteiger charge is 2.54. The Morgan fingerprint density at radius 3 is 2.80 bits per heavy atom. The Hall–Kier alpha value is -2.66. The van der Waals surface area contributed by atoms with Crippen LogP contribution in [0.5, 0.6) is 23.0 Å². The molecular formula is C20H18O5. The maximum absolute atomic E-state index is 11.3. The summed E-state index contributed by atoms with van der Waals surface area (Å²) in [7, 11) is 0. The quantitative estimate of drug-likeness (QED) is 0.771. The number of rotatable bonds is 0. The van der Waals surface area contributed by atoms with Gasteiger partial charge in [-0.25, -0.2) is 0 Å². The van der Waals surface area contributed by atoms with Crippen molar-refractivity contribution in [1.82, 2.24) is 0 Å². The van der Waals surface area contributed by atoms with E-state index in [1.165, 1.54) is 0 Å². The molecule has 0 radical (unpaired) electrons. The molecule has 25 heavy (non-hydrogen) atoms. The van der Waals surface area contributed by atoms with Crippen LogP contribution < -0.4 is 14.2 Å². The summed E-state index contributed by atoms with van der Waals surface area (Å²) in [6.45, 7) is 4.05. The van der Waals surface area contributed by atoms with E-state index in [4.69, 9.17) is 14.2 Å². The van der Waals surface area contributed by atoms with Gasteiger partial charge in [0.05, 0.1) is 5.56 Å². The minimum absolute atomic E-state index is 0.0654. The van der Waals surface area contributed by atoms with Gasteiger partial charge >= 0.3 is 0 Å². The van der Waals surface area contributed by atoms with Gasteiger partial charge in [-0.1, -0.05) is 0 Å². The van der Waals surface area contributed by atoms with Gasteiger partial charge in [0.2, 0.25) is 0 Å². The summed E-state index contributed by atoms with van der Waals surface area (Å²) >= 11 is 0. The fourth-order valence-electron chi connectivity index (χ4n) is 3.78.